The maximum Gasteiger partial charge on any atom is 0.336 e. The van der Waals surface area contributed by atoms with Crippen LogP contribution in [0.3, 0.4) is 0 Å². The quantitative estimate of drug-likeness (QED) is 0.422. The minimum Gasteiger partial charge on any atom is -0.465 e. The summed E-state index contributed by atoms with van der Waals surface area (Å²) in [6.07, 6.45) is 3.52. The SMILES string of the molecule is CCCC1=C(C(=O)OCC)[C@H](c2ccccn2)C2=C(C[C@H](c3cccs3)[C@H](C(=O)OCC)C2=O)N1. The molecule has 2 aromatic heterocycles. The van der Waals surface area contributed by atoms with Gasteiger partial charge in [0.2, 0.25) is 0 Å². The standard InChI is InChI=1S/C27H30N2O5S/c1-4-10-18-24(27(32)34-6-3)22(17-11-7-8-13-28-17)23-19(29-18)15-16(20-12-9-14-35-20)21(25(23)30)26(31)33-5-2/h7-9,11-14,16,21-22,29H,4-6,10,15H2,1-3H3/t16-,21+,22-/m1/s1. The minimum absolute atomic E-state index is 0.183. The molecule has 2 aromatic rings. The van der Waals surface area contributed by atoms with Gasteiger partial charge in [-0.05, 0) is 50.3 Å². The molecule has 0 saturated carbocycles. The van der Waals surface area contributed by atoms with E-state index < -0.39 is 23.8 Å². The van der Waals surface area contributed by atoms with Crippen LogP contribution >= 0.6 is 11.3 Å². The molecule has 0 saturated heterocycles. The van der Waals surface area contributed by atoms with Crippen LogP contribution in [0.25, 0.3) is 0 Å². The molecular formula is C27H30N2O5S. The van der Waals surface area contributed by atoms with E-state index in [1.807, 2.05) is 30.5 Å². The molecule has 0 unspecified atom stereocenters. The lowest BCUT2D eigenvalue weighted by atomic mass is 9.68. The summed E-state index contributed by atoms with van der Waals surface area (Å²) in [4.78, 5) is 46.0. The van der Waals surface area contributed by atoms with Crippen LogP contribution in [0.2, 0.25) is 0 Å². The molecule has 1 aliphatic carbocycles. The van der Waals surface area contributed by atoms with E-state index in [0.717, 1.165) is 22.7 Å². The van der Waals surface area contributed by atoms with E-state index in [2.05, 4.69) is 10.3 Å². The predicted molar refractivity (Wildman–Crippen MR) is 133 cm³/mol. The van der Waals surface area contributed by atoms with Gasteiger partial charge in [0.05, 0.1) is 30.4 Å². The maximum atomic E-state index is 14.2. The van der Waals surface area contributed by atoms with Crippen molar-refractivity contribution < 1.29 is 23.9 Å². The van der Waals surface area contributed by atoms with Gasteiger partial charge >= 0.3 is 11.9 Å². The lowest BCUT2D eigenvalue weighted by Gasteiger charge is -2.39. The molecule has 0 aromatic carbocycles. The number of nitrogens with zero attached hydrogens (tertiary/aromatic N) is 1. The Kier molecular flexibility index (Phi) is 7.80. The summed E-state index contributed by atoms with van der Waals surface area (Å²) >= 11 is 1.52. The second-order valence-electron chi connectivity index (χ2n) is 8.49. The van der Waals surface area contributed by atoms with Gasteiger partial charge < -0.3 is 14.8 Å². The maximum absolute atomic E-state index is 14.2. The fraction of sp³-hybridized carbons (Fsp3) is 0.407. The molecule has 1 N–H and O–H groups in total. The first-order valence-corrected chi connectivity index (χ1v) is 12.9. The Hall–Kier alpha value is -3.26. The molecule has 184 valence electrons. The molecule has 4 rings (SSSR count). The van der Waals surface area contributed by atoms with Crippen LogP contribution in [-0.4, -0.2) is 35.9 Å². The number of esters is 2. The number of carbonyl (C=O) groups excluding carboxylic acids is 3. The minimum atomic E-state index is -0.989. The van der Waals surface area contributed by atoms with Gasteiger partial charge in [0, 0.05) is 34.0 Å². The van der Waals surface area contributed by atoms with E-state index in [0.29, 0.717) is 29.7 Å². The molecule has 0 radical (unpaired) electrons. The zero-order valence-corrected chi connectivity index (χ0v) is 21.0. The number of aromatic nitrogens is 1. The number of ether oxygens (including phenoxy) is 2. The van der Waals surface area contributed by atoms with Crippen molar-refractivity contribution in [3.05, 3.63) is 75.0 Å². The third kappa shape index (κ3) is 4.80. The molecule has 0 amide bonds. The van der Waals surface area contributed by atoms with Gasteiger partial charge in [-0.2, -0.15) is 0 Å². The Balaban J connectivity index is 1.90. The molecule has 3 heterocycles. The van der Waals surface area contributed by atoms with Gasteiger partial charge in [0.25, 0.3) is 0 Å². The van der Waals surface area contributed by atoms with Crippen LogP contribution in [0.1, 0.15) is 62.4 Å². The number of ketones is 1. The highest BCUT2D eigenvalue weighted by Gasteiger charge is 2.49. The smallest absolute Gasteiger partial charge is 0.336 e. The number of dihydropyridines is 1. The van der Waals surface area contributed by atoms with Gasteiger partial charge in [0.15, 0.2) is 5.78 Å². The first kappa shape index (κ1) is 24.9. The van der Waals surface area contributed by atoms with E-state index in [9.17, 15) is 14.4 Å². The first-order chi connectivity index (χ1) is 17.0. The number of allylic oxidation sites excluding steroid dienone is 3. The zero-order chi connectivity index (χ0) is 24.9. The number of carbonyl (C=O) groups is 3. The van der Waals surface area contributed by atoms with Crippen LogP contribution in [0, 0.1) is 5.92 Å². The normalized spacial score (nSPS) is 21.9. The summed E-state index contributed by atoms with van der Waals surface area (Å²) in [6.45, 7) is 5.91. The van der Waals surface area contributed by atoms with Crippen LogP contribution in [-0.2, 0) is 23.9 Å². The largest absolute Gasteiger partial charge is 0.465 e. The lowest BCUT2D eigenvalue weighted by Crippen LogP contribution is -2.43. The summed E-state index contributed by atoms with van der Waals surface area (Å²) < 4.78 is 10.8. The van der Waals surface area contributed by atoms with Gasteiger partial charge in [-0.25, -0.2) is 4.79 Å². The van der Waals surface area contributed by atoms with Crippen molar-refractivity contribution in [2.75, 3.05) is 13.2 Å². The van der Waals surface area contributed by atoms with Crippen molar-refractivity contribution in [3.63, 3.8) is 0 Å². The molecule has 3 atom stereocenters. The number of rotatable bonds is 8. The number of Topliss-reactive ketones (excluding diaryl/α,β-unsaturated/α-hetero) is 1. The van der Waals surface area contributed by atoms with Gasteiger partial charge in [-0.3, -0.25) is 14.6 Å². The van der Waals surface area contributed by atoms with Crippen LogP contribution in [0.15, 0.2) is 64.4 Å². The number of hydrogen-bond acceptors (Lipinski definition) is 8. The molecule has 35 heavy (non-hydrogen) atoms. The van der Waals surface area contributed by atoms with Crippen molar-refractivity contribution in [3.8, 4) is 0 Å². The Morgan fingerprint density at radius 3 is 2.54 bits per heavy atom. The molecule has 2 aliphatic rings. The van der Waals surface area contributed by atoms with E-state index in [-0.39, 0.29) is 24.9 Å². The van der Waals surface area contributed by atoms with Gasteiger partial charge in [-0.1, -0.05) is 25.5 Å². The van der Waals surface area contributed by atoms with Crippen molar-refractivity contribution in [2.24, 2.45) is 5.92 Å². The Morgan fingerprint density at radius 1 is 1.11 bits per heavy atom. The summed E-state index contributed by atoms with van der Waals surface area (Å²) in [5.74, 6) is -3.40. The van der Waals surface area contributed by atoms with Crippen LogP contribution < -0.4 is 5.32 Å². The van der Waals surface area contributed by atoms with Crippen molar-refractivity contribution in [2.45, 2.75) is 51.9 Å². The van der Waals surface area contributed by atoms with Crippen LogP contribution in [0.5, 0.6) is 0 Å². The van der Waals surface area contributed by atoms with Crippen molar-refractivity contribution in [1.82, 2.24) is 10.3 Å². The predicted octanol–water partition coefficient (Wildman–Crippen LogP) is 4.64. The molecular weight excluding hydrogens is 464 g/mol. The van der Waals surface area contributed by atoms with Crippen molar-refractivity contribution in [1.29, 1.82) is 0 Å². The number of nitrogens with one attached hydrogen (secondary N) is 1. The molecule has 0 spiro atoms. The third-order valence-electron chi connectivity index (χ3n) is 6.33. The fourth-order valence-electron chi connectivity index (χ4n) is 4.96. The second-order valence-corrected chi connectivity index (χ2v) is 9.47. The lowest BCUT2D eigenvalue weighted by molar-refractivity contribution is -0.152. The highest BCUT2D eigenvalue weighted by atomic mass is 32.1. The summed E-state index contributed by atoms with van der Waals surface area (Å²) in [5, 5.41) is 5.36. The van der Waals surface area contributed by atoms with E-state index >= 15 is 0 Å². The summed E-state index contributed by atoms with van der Waals surface area (Å²) in [5.41, 5.74) is 2.84. The average Bonchev–Trinajstić information content (AvgIpc) is 3.39. The average molecular weight is 495 g/mol. The van der Waals surface area contributed by atoms with Gasteiger partial charge in [0.1, 0.15) is 5.92 Å². The molecule has 0 fully saturated rings. The van der Waals surface area contributed by atoms with Gasteiger partial charge in [-0.15, -0.1) is 11.3 Å². The van der Waals surface area contributed by atoms with Crippen LogP contribution in [0.4, 0.5) is 0 Å². The van der Waals surface area contributed by atoms with E-state index in [4.69, 9.17) is 9.47 Å². The fourth-order valence-corrected chi connectivity index (χ4v) is 5.83. The third-order valence-corrected chi connectivity index (χ3v) is 7.34. The topological polar surface area (TPSA) is 94.6 Å². The monoisotopic (exact) mass is 494 g/mol. The highest BCUT2D eigenvalue weighted by molar-refractivity contribution is 7.10. The molecule has 8 heteroatoms. The number of hydrogen-bond donors (Lipinski definition) is 1. The first-order valence-electron chi connectivity index (χ1n) is 12.1. The molecule has 1 aliphatic heterocycles. The Labute approximate surface area is 209 Å². The summed E-state index contributed by atoms with van der Waals surface area (Å²) in [7, 11) is 0. The number of pyridine rings is 1. The van der Waals surface area contributed by atoms with Crippen molar-refractivity contribution >= 4 is 29.1 Å². The Bertz CT molecular complexity index is 1150. The van der Waals surface area contributed by atoms with E-state index in [1.165, 1.54) is 11.3 Å². The summed E-state index contributed by atoms with van der Waals surface area (Å²) in [6, 6.07) is 9.30. The number of thiophene rings is 1. The zero-order valence-electron chi connectivity index (χ0n) is 20.2. The van der Waals surface area contributed by atoms with E-state index in [1.54, 1.807) is 32.2 Å². The molecule has 7 nitrogen and oxygen atoms in total. The highest BCUT2D eigenvalue weighted by Crippen LogP contribution is 2.48. The Morgan fingerprint density at radius 2 is 1.91 bits per heavy atom. The molecule has 0 bridgehead atoms. The second kappa shape index (κ2) is 11.0.